The van der Waals surface area contributed by atoms with Gasteiger partial charge in [-0.05, 0) is 13.3 Å². The van der Waals surface area contributed by atoms with E-state index in [1.807, 2.05) is 6.92 Å². The molecule has 2 atom stereocenters. The SMILES string of the molecule is CCCCOC(=O)CC(OC)C(C)C(=O)O. The van der Waals surface area contributed by atoms with Crippen LogP contribution in [0.15, 0.2) is 0 Å². The van der Waals surface area contributed by atoms with Crippen molar-refractivity contribution >= 4 is 11.9 Å². The van der Waals surface area contributed by atoms with Gasteiger partial charge >= 0.3 is 11.9 Å². The van der Waals surface area contributed by atoms with Gasteiger partial charge in [-0.25, -0.2) is 0 Å². The number of rotatable bonds is 8. The summed E-state index contributed by atoms with van der Waals surface area (Å²) in [6.45, 7) is 3.89. The van der Waals surface area contributed by atoms with Gasteiger partial charge in [0, 0.05) is 7.11 Å². The van der Waals surface area contributed by atoms with Crippen molar-refractivity contribution in [3.8, 4) is 0 Å². The maximum atomic E-state index is 11.3. The summed E-state index contributed by atoms with van der Waals surface area (Å²) < 4.78 is 9.90. The van der Waals surface area contributed by atoms with Crippen molar-refractivity contribution in [1.29, 1.82) is 0 Å². The van der Waals surface area contributed by atoms with Crippen LogP contribution in [0.3, 0.4) is 0 Å². The molecule has 94 valence electrons. The van der Waals surface area contributed by atoms with Crippen molar-refractivity contribution in [1.82, 2.24) is 0 Å². The molecule has 5 heteroatoms. The zero-order valence-electron chi connectivity index (χ0n) is 10.1. The van der Waals surface area contributed by atoms with E-state index >= 15 is 0 Å². The number of carbonyl (C=O) groups is 2. The molecule has 0 radical (unpaired) electrons. The number of unbranched alkanes of at least 4 members (excludes halogenated alkanes) is 1. The van der Waals surface area contributed by atoms with Gasteiger partial charge in [-0.3, -0.25) is 9.59 Å². The van der Waals surface area contributed by atoms with Gasteiger partial charge in [-0.1, -0.05) is 13.3 Å². The van der Waals surface area contributed by atoms with Crippen molar-refractivity contribution in [2.75, 3.05) is 13.7 Å². The Morgan fingerprint density at radius 2 is 2.00 bits per heavy atom. The second kappa shape index (κ2) is 8.10. The summed E-state index contributed by atoms with van der Waals surface area (Å²) in [5.41, 5.74) is 0. The number of esters is 1. The number of aliphatic carboxylic acids is 1. The Labute approximate surface area is 95.7 Å². The largest absolute Gasteiger partial charge is 0.481 e. The number of hydrogen-bond acceptors (Lipinski definition) is 4. The summed E-state index contributed by atoms with van der Waals surface area (Å²) >= 11 is 0. The number of hydrogen-bond donors (Lipinski definition) is 1. The van der Waals surface area contributed by atoms with E-state index < -0.39 is 24.0 Å². The topological polar surface area (TPSA) is 72.8 Å². The molecule has 0 spiro atoms. The van der Waals surface area contributed by atoms with E-state index in [0.717, 1.165) is 12.8 Å². The van der Waals surface area contributed by atoms with Crippen LogP contribution in [0.4, 0.5) is 0 Å². The summed E-state index contributed by atoms with van der Waals surface area (Å²) in [6, 6.07) is 0. The molecular weight excluding hydrogens is 212 g/mol. The summed E-state index contributed by atoms with van der Waals surface area (Å²) in [6.07, 6.45) is 1.12. The van der Waals surface area contributed by atoms with Gasteiger partial charge in [-0.15, -0.1) is 0 Å². The van der Waals surface area contributed by atoms with Crippen LogP contribution in [-0.4, -0.2) is 36.9 Å². The molecule has 0 aromatic heterocycles. The number of carboxylic acids is 1. The zero-order valence-corrected chi connectivity index (χ0v) is 10.1. The number of ether oxygens (including phenoxy) is 2. The van der Waals surface area contributed by atoms with Gasteiger partial charge in [-0.2, -0.15) is 0 Å². The molecule has 16 heavy (non-hydrogen) atoms. The molecule has 2 unspecified atom stereocenters. The first-order valence-electron chi connectivity index (χ1n) is 5.44. The third kappa shape index (κ3) is 5.70. The first kappa shape index (κ1) is 14.9. The average molecular weight is 232 g/mol. The Balaban J connectivity index is 4.01. The number of carbonyl (C=O) groups excluding carboxylic acids is 1. The molecule has 0 aromatic carbocycles. The van der Waals surface area contributed by atoms with E-state index in [-0.39, 0.29) is 6.42 Å². The Kier molecular flexibility index (Phi) is 7.54. The standard InChI is InChI=1S/C11H20O5/c1-4-5-6-16-10(12)7-9(15-3)8(2)11(13)14/h8-9H,4-7H2,1-3H3,(H,13,14). The van der Waals surface area contributed by atoms with Gasteiger partial charge in [0.1, 0.15) is 0 Å². The minimum Gasteiger partial charge on any atom is -0.481 e. The quantitative estimate of drug-likeness (QED) is 0.506. The third-order valence-electron chi connectivity index (χ3n) is 2.38. The highest BCUT2D eigenvalue weighted by molar-refractivity contribution is 5.74. The van der Waals surface area contributed by atoms with Crippen molar-refractivity contribution < 1.29 is 24.2 Å². The minimum atomic E-state index is -0.979. The summed E-state index contributed by atoms with van der Waals surface area (Å²) in [5.74, 6) is -2.11. The van der Waals surface area contributed by atoms with Crippen LogP contribution < -0.4 is 0 Å². The Hall–Kier alpha value is -1.10. The lowest BCUT2D eigenvalue weighted by molar-refractivity contribution is -0.152. The van der Waals surface area contributed by atoms with E-state index in [2.05, 4.69) is 0 Å². The highest BCUT2D eigenvalue weighted by Gasteiger charge is 2.26. The lowest BCUT2D eigenvalue weighted by Crippen LogP contribution is -2.30. The molecule has 0 amide bonds. The fraction of sp³-hybridized carbons (Fsp3) is 0.818. The fourth-order valence-electron chi connectivity index (χ4n) is 1.18. The van der Waals surface area contributed by atoms with Gasteiger partial charge in [0.25, 0.3) is 0 Å². The van der Waals surface area contributed by atoms with Crippen LogP contribution in [0.1, 0.15) is 33.1 Å². The van der Waals surface area contributed by atoms with Crippen LogP contribution in [0.2, 0.25) is 0 Å². The Bertz CT molecular complexity index is 226. The highest BCUT2D eigenvalue weighted by Crippen LogP contribution is 2.12. The molecule has 0 aliphatic heterocycles. The third-order valence-corrected chi connectivity index (χ3v) is 2.38. The van der Waals surface area contributed by atoms with Crippen molar-refractivity contribution in [3.63, 3.8) is 0 Å². The predicted molar refractivity (Wildman–Crippen MR) is 58.1 cm³/mol. The average Bonchev–Trinajstić information content (AvgIpc) is 2.25. The van der Waals surface area contributed by atoms with Crippen LogP contribution in [0, 0.1) is 5.92 Å². The van der Waals surface area contributed by atoms with Gasteiger partial charge in [0.15, 0.2) is 0 Å². The van der Waals surface area contributed by atoms with Gasteiger partial charge in [0.05, 0.1) is 25.0 Å². The first-order chi connectivity index (χ1) is 7.52. The first-order valence-corrected chi connectivity index (χ1v) is 5.44. The molecule has 0 rings (SSSR count). The van der Waals surface area contributed by atoms with E-state index in [1.165, 1.54) is 14.0 Å². The maximum Gasteiger partial charge on any atom is 0.308 e. The van der Waals surface area contributed by atoms with E-state index in [9.17, 15) is 9.59 Å². The van der Waals surface area contributed by atoms with Crippen LogP contribution >= 0.6 is 0 Å². The molecule has 0 aliphatic carbocycles. The molecule has 1 N–H and O–H groups in total. The molecule has 0 saturated heterocycles. The second-order valence-electron chi connectivity index (χ2n) is 3.68. The zero-order chi connectivity index (χ0) is 12.6. The summed E-state index contributed by atoms with van der Waals surface area (Å²) in [5, 5.41) is 8.78. The second-order valence-corrected chi connectivity index (χ2v) is 3.68. The lowest BCUT2D eigenvalue weighted by atomic mass is 10.0. The monoisotopic (exact) mass is 232 g/mol. The maximum absolute atomic E-state index is 11.3. The number of methoxy groups -OCH3 is 1. The molecule has 0 bridgehead atoms. The van der Waals surface area contributed by atoms with Crippen molar-refractivity contribution in [2.45, 2.75) is 39.2 Å². The highest BCUT2D eigenvalue weighted by atomic mass is 16.5. The fourth-order valence-corrected chi connectivity index (χ4v) is 1.18. The van der Waals surface area contributed by atoms with Gasteiger partial charge in [0.2, 0.25) is 0 Å². The van der Waals surface area contributed by atoms with E-state index in [1.54, 1.807) is 0 Å². The minimum absolute atomic E-state index is 0.0202. The molecule has 0 aliphatic rings. The summed E-state index contributed by atoms with van der Waals surface area (Å²) in [4.78, 5) is 22.0. The Morgan fingerprint density at radius 1 is 1.38 bits per heavy atom. The Morgan fingerprint density at radius 3 is 2.44 bits per heavy atom. The molecule has 0 heterocycles. The van der Waals surface area contributed by atoms with Crippen LogP contribution in [0.5, 0.6) is 0 Å². The van der Waals surface area contributed by atoms with E-state index in [4.69, 9.17) is 14.6 Å². The molecular formula is C11H20O5. The smallest absolute Gasteiger partial charge is 0.308 e. The predicted octanol–water partition coefficient (Wildman–Crippen LogP) is 1.46. The van der Waals surface area contributed by atoms with Crippen molar-refractivity contribution in [3.05, 3.63) is 0 Å². The number of carboxylic acid groups (broad SMARTS) is 1. The normalized spacial score (nSPS) is 14.2. The lowest BCUT2D eigenvalue weighted by Gasteiger charge is -2.18. The molecule has 5 nitrogen and oxygen atoms in total. The molecule has 0 aromatic rings. The van der Waals surface area contributed by atoms with E-state index in [0.29, 0.717) is 6.61 Å². The molecule has 0 saturated carbocycles. The van der Waals surface area contributed by atoms with Crippen LogP contribution in [-0.2, 0) is 19.1 Å². The summed E-state index contributed by atoms with van der Waals surface area (Å²) in [7, 11) is 1.39. The molecule has 0 fully saturated rings. The van der Waals surface area contributed by atoms with Gasteiger partial charge < -0.3 is 14.6 Å². The van der Waals surface area contributed by atoms with Crippen LogP contribution in [0.25, 0.3) is 0 Å². The van der Waals surface area contributed by atoms with Crippen molar-refractivity contribution in [2.24, 2.45) is 5.92 Å².